The topological polar surface area (TPSA) is 18.8 Å². The average molecular weight is 339 g/mol. The van der Waals surface area contributed by atoms with E-state index in [-0.39, 0.29) is 12.4 Å². The first-order valence-electron chi connectivity index (χ1n) is 7.49. The molecule has 0 aromatic heterocycles. The van der Waals surface area contributed by atoms with Gasteiger partial charge in [0.1, 0.15) is 17.2 Å². The quantitative estimate of drug-likeness (QED) is 0.750. The van der Waals surface area contributed by atoms with Gasteiger partial charge in [-0.15, -0.1) is 0 Å². The highest BCUT2D eigenvalue weighted by atomic mass is 19.4. The van der Waals surface area contributed by atoms with Crippen molar-refractivity contribution in [3.63, 3.8) is 0 Å². The molecule has 3 rings (SSSR count). The van der Waals surface area contributed by atoms with Crippen LogP contribution in [0, 0.1) is 5.82 Å². The smallest absolute Gasteiger partial charge is 0.260 e. The van der Waals surface area contributed by atoms with Crippen LogP contribution in [0.15, 0.2) is 52.9 Å². The standard InChI is InChI=1S/C17H17F4N3/c1-11-9-14(12-5-4-6-13(18)10-12)22-15-7-8-23(24(11)15)16(2,3)17(19,20)21/h4-7,9-10H,8H2,1-3H3. The third-order valence-corrected chi connectivity index (χ3v) is 4.28. The van der Waals surface area contributed by atoms with E-state index in [9.17, 15) is 17.6 Å². The van der Waals surface area contributed by atoms with E-state index in [1.54, 1.807) is 31.2 Å². The molecule has 0 atom stereocenters. The normalized spacial score (nSPS) is 19.0. The van der Waals surface area contributed by atoms with Gasteiger partial charge in [0, 0.05) is 17.8 Å². The average Bonchev–Trinajstić information content (AvgIpc) is 2.91. The van der Waals surface area contributed by atoms with Crippen LogP contribution in [0.1, 0.15) is 26.3 Å². The maximum absolute atomic E-state index is 13.4. The second-order valence-electron chi connectivity index (χ2n) is 6.31. The number of nitrogens with zero attached hydrogens (tertiary/aromatic N) is 3. The molecule has 0 amide bonds. The molecule has 128 valence electrons. The summed E-state index contributed by atoms with van der Waals surface area (Å²) < 4.78 is 53.5. The van der Waals surface area contributed by atoms with Crippen LogP contribution in [0.3, 0.4) is 0 Å². The van der Waals surface area contributed by atoms with Crippen LogP contribution in [-0.4, -0.2) is 34.0 Å². The Morgan fingerprint density at radius 1 is 1.17 bits per heavy atom. The van der Waals surface area contributed by atoms with Gasteiger partial charge in [0.05, 0.1) is 5.71 Å². The second-order valence-corrected chi connectivity index (χ2v) is 6.31. The van der Waals surface area contributed by atoms with Gasteiger partial charge in [0.25, 0.3) is 0 Å². The Hall–Kier alpha value is -2.15. The van der Waals surface area contributed by atoms with Gasteiger partial charge in [-0.2, -0.15) is 18.2 Å². The lowest BCUT2D eigenvalue weighted by Gasteiger charge is -2.44. The zero-order valence-electron chi connectivity index (χ0n) is 13.5. The summed E-state index contributed by atoms with van der Waals surface area (Å²) in [7, 11) is 0. The van der Waals surface area contributed by atoms with E-state index in [1.807, 2.05) is 0 Å². The van der Waals surface area contributed by atoms with E-state index in [2.05, 4.69) is 4.99 Å². The molecule has 0 spiro atoms. The zero-order chi connectivity index (χ0) is 17.7. The van der Waals surface area contributed by atoms with Crippen molar-refractivity contribution in [3.05, 3.63) is 59.3 Å². The number of alkyl halides is 3. The molecule has 0 unspecified atom stereocenters. The lowest BCUT2D eigenvalue weighted by molar-refractivity contribution is -0.245. The summed E-state index contributed by atoms with van der Waals surface area (Å²) in [6.07, 6.45) is -1.08. The lowest BCUT2D eigenvalue weighted by atomic mass is 10.0. The monoisotopic (exact) mass is 339 g/mol. The Kier molecular flexibility index (Phi) is 3.79. The number of benzene rings is 1. The number of aliphatic imine (C=N–C) groups is 1. The van der Waals surface area contributed by atoms with Crippen LogP contribution in [0.5, 0.6) is 0 Å². The Labute approximate surface area is 137 Å². The Bertz CT molecular complexity index is 759. The first-order chi connectivity index (χ1) is 11.1. The summed E-state index contributed by atoms with van der Waals surface area (Å²) in [5.74, 6) is 0.0375. The van der Waals surface area contributed by atoms with Crippen molar-refractivity contribution in [2.24, 2.45) is 4.99 Å². The fourth-order valence-electron chi connectivity index (χ4n) is 2.76. The summed E-state index contributed by atoms with van der Waals surface area (Å²) in [5.41, 5.74) is -0.318. The van der Waals surface area contributed by atoms with Gasteiger partial charge in [-0.1, -0.05) is 12.1 Å². The molecule has 0 fully saturated rings. The van der Waals surface area contributed by atoms with Crippen molar-refractivity contribution < 1.29 is 17.6 Å². The van der Waals surface area contributed by atoms with Gasteiger partial charge in [0.2, 0.25) is 0 Å². The van der Waals surface area contributed by atoms with Gasteiger partial charge in [-0.05, 0) is 45.1 Å². The second kappa shape index (κ2) is 5.44. The molecule has 0 saturated heterocycles. The Balaban J connectivity index is 1.95. The van der Waals surface area contributed by atoms with Gasteiger partial charge >= 0.3 is 6.18 Å². The fraction of sp³-hybridized carbons (Fsp3) is 0.353. The van der Waals surface area contributed by atoms with Crippen molar-refractivity contribution in [2.45, 2.75) is 32.5 Å². The molecule has 24 heavy (non-hydrogen) atoms. The number of allylic oxidation sites excluding steroid dienone is 2. The molecule has 0 bridgehead atoms. The van der Waals surface area contributed by atoms with E-state index >= 15 is 0 Å². The molecule has 1 aromatic carbocycles. The minimum Gasteiger partial charge on any atom is -0.260 e. The van der Waals surface area contributed by atoms with Gasteiger partial charge in [-0.3, -0.25) is 5.01 Å². The summed E-state index contributed by atoms with van der Waals surface area (Å²) >= 11 is 0. The molecular formula is C17H17F4N3. The molecule has 7 heteroatoms. The molecule has 2 heterocycles. The summed E-state index contributed by atoms with van der Waals surface area (Å²) in [5, 5.41) is 2.70. The number of rotatable bonds is 2. The fourth-order valence-corrected chi connectivity index (χ4v) is 2.76. The molecule has 3 nitrogen and oxygen atoms in total. The van der Waals surface area contributed by atoms with Crippen LogP contribution in [0.25, 0.3) is 0 Å². The molecule has 2 aliphatic heterocycles. The van der Waals surface area contributed by atoms with E-state index in [0.717, 1.165) is 13.8 Å². The van der Waals surface area contributed by atoms with Crippen molar-refractivity contribution >= 4 is 5.71 Å². The number of fused-ring (bicyclic) bond motifs is 1. The molecule has 2 aliphatic rings. The minimum atomic E-state index is -4.39. The molecule has 0 N–H and O–H groups in total. The SMILES string of the molecule is CC1=CC(c2cccc(F)c2)=NC2=CCN(C(C)(C)C(F)(F)F)N12. The lowest BCUT2D eigenvalue weighted by Crippen LogP contribution is -2.58. The highest BCUT2D eigenvalue weighted by Gasteiger charge is 2.54. The zero-order valence-corrected chi connectivity index (χ0v) is 13.5. The molecule has 0 saturated carbocycles. The van der Waals surface area contributed by atoms with E-state index in [4.69, 9.17) is 0 Å². The maximum Gasteiger partial charge on any atom is 0.408 e. The third-order valence-electron chi connectivity index (χ3n) is 4.28. The Morgan fingerprint density at radius 2 is 1.88 bits per heavy atom. The first-order valence-corrected chi connectivity index (χ1v) is 7.49. The predicted octanol–water partition coefficient (Wildman–Crippen LogP) is 4.25. The number of hydrogen-bond acceptors (Lipinski definition) is 3. The van der Waals surface area contributed by atoms with Gasteiger partial charge in [-0.25, -0.2) is 9.38 Å². The van der Waals surface area contributed by atoms with Crippen molar-refractivity contribution in [1.82, 2.24) is 10.0 Å². The summed E-state index contributed by atoms with van der Waals surface area (Å²) in [6, 6.07) is 5.97. The molecule has 1 aromatic rings. The maximum atomic E-state index is 13.4. The van der Waals surface area contributed by atoms with Gasteiger partial charge < -0.3 is 0 Å². The van der Waals surface area contributed by atoms with Crippen LogP contribution >= 0.6 is 0 Å². The summed E-state index contributed by atoms with van der Waals surface area (Å²) in [6.45, 7) is 4.10. The van der Waals surface area contributed by atoms with Crippen LogP contribution < -0.4 is 0 Å². The van der Waals surface area contributed by atoms with Crippen LogP contribution in [0.2, 0.25) is 0 Å². The number of hydrazine groups is 1. The summed E-state index contributed by atoms with van der Waals surface area (Å²) in [4.78, 5) is 4.40. The highest BCUT2D eigenvalue weighted by Crippen LogP contribution is 2.41. The predicted molar refractivity (Wildman–Crippen MR) is 83.5 cm³/mol. The van der Waals surface area contributed by atoms with Crippen molar-refractivity contribution in [3.8, 4) is 0 Å². The Morgan fingerprint density at radius 3 is 2.50 bits per heavy atom. The molecular weight excluding hydrogens is 322 g/mol. The first kappa shape index (κ1) is 16.7. The van der Waals surface area contributed by atoms with Crippen molar-refractivity contribution in [2.75, 3.05) is 6.54 Å². The molecule has 0 radical (unpaired) electrons. The highest BCUT2D eigenvalue weighted by molar-refractivity contribution is 6.10. The number of halogens is 4. The molecule has 0 aliphatic carbocycles. The van der Waals surface area contributed by atoms with Gasteiger partial charge in [0.15, 0.2) is 0 Å². The third kappa shape index (κ3) is 2.62. The van der Waals surface area contributed by atoms with Crippen LogP contribution in [-0.2, 0) is 0 Å². The van der Waals surface area contributed by atoms with E-state index in [0.29, 0.717) is 22.8 Å². The van der Waals surface area contributed by atoms with Crippen LogP contribution in [0.4, 0.5) is 17.6 Å². The van der Waals surface area contributed by atoms with E-state index < -0.39 is 11.7 Å². The van der Waals surface area contributed by atoms with Crippen molar-refractivity contribution in [1.29, 1.82) is 0 Å². The van der Waals surface area contributed by atoms with E-state index in [1.165, 1.54) is 22.2 Å². The minimum absolute atomic E-state index is 0.104. The largest absolute Gasteiger partial charge is 0.408 e. The number of hydrogen-bond donors (Lipinski definition) is 0.